The lowest BCUT2D eigenvalue weighted by Gasteiger charge is -2.30. The van der Waals surface area contributed by atoms with Gasteiger partial charge in [-0.15, -0.1) is 0 Å². The van der Waals surface area contributed by atoms with Crippen LogP contribution in [0.1, 0.15) is 49.4 Å². The second kappa shape index (κ2) is 7.11. The molecule has 0 spiro atoms. The number of phenolic OH excluding ortho intramolecular Hbond substituents is 1. The Balaban J connectivity index is 1.69. The van der Waals surface area contributed by atoms with Crippen molar-refractivity contribution in [2.75, 3.05) is 13.2 Å². The summed E-state index contributed by atoms with van der Waals surface area (Å²) < 4.78 is 5.75. The van der Waals surface area contributed by atoms with Crippen molar-refractivity contribution >= 4 is 27.4 Å². The largest absolute Gasteiger partial charge is 0.507 e. The van der Waals surface area contributed by atoms with Crippen LogP contribution in [0.25, 0.3) is 27.4 Å². The molecule has 6 heteroatoms. The molecular formula is C22H25N3O3. The SMILES string of the molecule is OCCNC1=CC(NC2CCCCC2)c2c(O)c3ccccc3c3onc1c23. The summed E-state index contributed by atoms with van der Waals surface area (Å²) in [6.45, 7) is 0.472. The van der Waals surface area contributed by atoms with E-state index in [9.17, 15) is 10.2 Å². The second-order valence-corrected chi connectivity index (χ2v) is 7.75. The molecular weight excluding hydrogens is 354 g/mol. The Morgan fingerprint density at radius 3 is 2.68 bits per heavy atom. The predicted octanol–water partition coefficient (Wildman–Crippen LogP) is 3.59. The number of fused-ring (bicyclic) bond motifs is 2. The molecule has 1 aromatic heterocycles. The molecule has 0 aliphatic heterocycles. The maximum absolute atomic E-state index is 11.2. The molecule has 0 amide bonds. The van der Waals surface area contributed by atoms with Gasteiger partial charge in [0.2, 0.25) is 0 Å². The van der Waals surface area contributed by atoms with E-state index in [-0.39, 0.29) is 12.6 Å². The standard InChI is InChI=1S/C22H25N3O3/c26-11-10-23-17-12-16(24-13-6-2-1-3-7-13)18-19-20(17)25-28-22(19)15-9-5-4-8-14(15)21(18)27/h4-5,8-9,12-13,16,23-24,26-27H,1-3,6-7,10-11H2. The number of aliphatic hydroxyl groups excluding tert-OH is 1. The Morgan fingerprint density at radius 2 is 1.89 bits per heavy atom. The molecule has 2 aromatic carbocycles. The fraction of sp³-hybridized carbons (Fsp3) is 0.409. The van der Waals surface area contributed by atoms with Gasteiger partial charge in [0.05, 0.1) is 23.7 Å². The lowest BCUT2D eigenvalue weighted by atomic mass is 9.88. The van der Waals surface area contributed by atoms with Gasteiger partial charge in [0.1, 0.15) is 11.4 Å². The van der Waals surface area contributed by atoms with E-state index in [0.29, 0.717) is 29.6 Å². The first-order valence-electron chi connectivity index (χ1n) is 10.1. The minimum Gasteiger partial charge on any atom is -0.507 e. The monoisotopic (exact) mass is 379 g/mol. The van der Waals surface area contributed by atoms with Crippen LogP contribution in [0.4, 0.5) is 0 Å². The van der Waals surface area contributed by atoms with E-state index in [1.165, 1.54) is 19.3 Å². The van der Waals surface area contributed by atoms with Gasteiger partial charge in [0.25, 0.3) is 0 Å². The molecule has 4 N–H and O–H groups in total. The van der Waals surface area contributed by atoms with Gasteiger partial charge in [-0.25, -0.2) is 0 Å². The first-order chi connectivity index (χ1) is 13.8. The van der Waals surface area contributed by atoms with Crippen LogP contribution in [0, 0.1) is 0 Å². The molecule has 3 aromatic rings. The van der Waals surface area contributed by atoms with Crippen molar-refractivity contribution in [3.05, 3.63) is 41.6 Å². The van der Waals surface area contributed by atoms with Gasteiger partial charge in [-0.1, -0.05) is 48.7 Å². The minimum absolute atomic E-state index is 0.0366. The first-order valence-corrected chi connectivity index (χ1v) is 10.1. The lowest BCUT2D eigenvalue weighted by Crippen LogP contribution is -2.35. The summed E-state index contributed by atoms with van der Waals surface area (Å²) in [6.07, 6.45) is 8.14. The van der Waals surface area contributed by atoms with Gasteiger partial charge in [-0.2, -0.15) is 0 Å². The Labute approximate surface area is 163 Å². The Kier molecular flexibility index (Phi) is 4.45. The lowest BCUT2D eigenvalue weighted by molar-refractivity contribution is 0.299. The van der Waals surface area contributed by atoms with E-state index < -0.39 is 0 Å². The number of nitrogens with one attached hydrogen (secondary N) is 2. The van der Waals surface area contributed by atoms with Crippen molar-refractivity contribution < 1.29 is 14.7 Å². The van der Waals surface area contributed by atoms with Crippen LogP contribution in [0.2, 0.25) is 0 Å². The van der Waals surface area contributed by atoms with Crippen molar-refractivity contribution in [2.24, 2.45) is 0 Å². The summed E-state index contributed by atoms with van der Waals surface area (Å²) >= 11 is 0. The van der Waals surface area contributed by atoms with E-state index in [1.54, 1.807) is 0 Å². The summed E-state index contributed by atoms with van der Waals surface area (Å²) in [4.78, 5) is 0. The summed E-state index contributed by atoms with van der Waals surface area (Å²) in [5, 5.41) is 34.3. The van der Waals surface area contributed by atoms with Gasteiger partial charge < -0.3 is 25.4 Å². The summed E-state index contributed by atoms with van der Waals surface area (Å²) in [5.41, 5.74) is 3.07. The van der Waals surface area contributed by atoms with Crippen molar-refractivity contribution in [1.29, 1.82) is 0 Å². The number of nitrogens with zero attached hydrogens (tertiary/aromatic N) is 1. The van der Waals surface area contributed by atoms with Gasteiger partial charge in [0, 0.05) is 28.9 Å². The molecule has 1 fully saturated rings. The molecule has 0 saturated heterocycles. The zero-order valence-electron chi connectivity index (χ0n) is 15.7. The zero-order valence-corrected chi connectivity index (χ0v) is 15.7. The average molecular weight is 379 g/mol. The second-order valence-electron chi connectivity index (χ2n) is 7.75. The number of rotatable bonds is 5. The highest BCUT2D eigenvalue weighted by Crippen LogP contribution is 2.46. The highest BCUT2D eigenvalue weighted by Gasteiger charge is 2.32. The van der Waals surface area contributed by atoms with Crippen molar-refractivity contribution in [2.45, 2.75) is 44.2 Å². The summed E-state index contributed by atoms with van der Waals surface area (Å²) in [6, 6.07) is 8.02. The number of aromatic nitrogens is 1. The van der Waals surface area contributed by atoms with E-state index in [2.05, 4.69) is 21.9 Å². The number of aromatic hydroxyl groups is 1. The quantitative estimate of drug-likeness (QED) is 0.542. The number of hydrogen-bond acceptors (Lipinski definition) is 6. The van der Waals surface area contributed by atoms with Crippen LogP contribution in [-0.4, -0.2) is 34.6 Å². The van der Waals surface area contributed by atoms with E-state index in [4.69, 9.17) is 4.52 Å². The third kappa shape index (κ3) is 2.75. The molecule has 2 aliphatic rings. The van der Waals surface area contributed by atoms with E-state index >= 15 is 0 Å². The predicted molar refractivity (Wildman–Crippen MR) is 109 cm³/mol. The third-order valence-electron chi connectivity index (χ3n) is 5.99. The smallest absolute Gasteiger partial charge is 0.176 e. The third-order valence-corrected chi connectivity index (χ3v) is 5.99. The molecule has 0 radical (unpaired) electrons. The topological polar surface area (TPSA) is 90.5 Å². The van der Waals surface area contributed by atoms with E-state index in [0.717, 1.165) is 40.3 Å². The van der Waals surface area contributed by atoms with Crippen LogP contribution in [-0.2, 0) is 0 Å². The molecule has 6 nitrogen and oxygen atoms in total. The molecule has 5 rings (SSSR count). The first kappa shape index (κ1) is 17.5. The molecule has 0 bridgehead atoms. The van der Waals surface area contributed by atoms with Crippen LogP contribution in [0.5, 0.6) is 5.75 Å². The number of hydrogen-bond donors (Lipinski definition) is 4. The number of aliphatic hydroxyl groups is 1. The summed E-state index contributed by atoms with van der Waals surface area (Å²) in [7, 11) is 0. The molecule has 1 heterocycles. The highest BCUT2D eigenvalue weighted by molar-refractivity contribution is 6.12. The fourth-order valence-electron chi connectivity index (χ4n) is 4.68. The average Bonchev–Trinajstić information content (AvgIpc) is 3.17. The normalized spacial score (nSPS) is 19.9. The van der Waals surface area contributed by atoms with E-state index in [1.807, 2.05) is 24.3 Å². The molecule has 1 saturated carbocycles. The zero-order chi connectivity index (χ0) is 19.1. The Morgan fingerprint density at radius 1 is 1.11 bits per heavy atom. The van der Waals surface area contributed by atoms with Crippen LogP contribution < -0.4 is 10.6 Å². The van der Waals surface area contributed by atoms with Crippen LogP contribution in [0.3, 0.4) is 0 Å². The Bertz CT molecular complexity index is 1050. The van der Waals surface area contributed by atoms with Crippen LogP contribution in [0.15, 0.2) is 34.9 Å². The molecule has 28 heavy (non-hydrogen) atoms. The summed E-state index contributed by atoms with van der Waals surface area (Å²) in [5.74, 6) is 0.290. The van der Waals surface area contributed by atoms with Gasteiger partial charge in [0.15, 0.2) is 5.58 Å². The van der Waals surface area contributed by atoms with Gasteiger partial charge in [-0.05, 0) is 18.9 Å². The Hall–Kier alpha value is -2.57. The van der Waals surface area contributed by atoms with Gasteiger partial charge in [-0.3, -0.25) is 0 Å². The molecule has 1 unspecified atom stereocenters. The molecule has 2 aliphatic carbocycles. The number of phenols is 1. The van der Waals surface area contributed by atoms with Crippen molar-refractivity contribution in [3.63, 3.8) is 0 Å². The fourth-order valence-corrected chi connectivity index (χ4v) is 4.68. The highest BCUT2D eigenvalue weighted by atomic mass is 16.5. The van der Waals surface area contributed by atoms with Crippen LogP contribution >= 0.6 is 0 Å². The minimum atomic E-state index is -0.136. The van der Waals surface area contributed by atoms with Crippen molar-refractivity contribution in [3.8, 4) is 5.75 Å². The molecule has 146 valence electrons. The maximum atomic E-state index is 11.2. The maximum Gasteiger partial charge on any atom is 0.176 e. The number of benzene rings is 2. The van der Waals surface area contributed by atoms with Crippen molar-refractivity contribution in [1.82, 2.24) is 15.8 Å². The van der Waals surface area contributed by atoms with Gasteiger partial charge >= 0.3 is 0 Å². The molecule has 1 atom stereocenters.